The fourth-order valence-corrected chi connectivity index (χ4v) is 2.91. The van der Waals surface area contributed by atoms with Crippen molar-refractivity contribution < 1.29 is 19.8 Å². The van der Waals surface area contributed by atoms with E-state index in [0.29, 0.717) is 18.6 Å². The highest BCUT2D eigenvalue weighted by molar-refractivity contribution is 6.24. The first-order chi connectivity index (χ1) is 11.3. The van der Waals surface area contributed by atoms with Gasteiger partial charge in [0, 0.05) is 25.1 Å². The maximum absolute atomic E-state index is 12.5. The number of carbonyl (C=O) groups is 2. The van der Waals surface area contributed by atoms with Crippen molar-refractivity contribution in [3.05, 3.63) is 47.2 Å². The Balaban J connectivity index is 2.32. The Bertz CT molecular complexity index is 687. The number of ketones is 1. The van der Waals surface area contributed by atoms with E-state index in [4.69, 9.17) is 5.11 Å². The van der Waals surface area contributed by atoms with E-state index >= 15 is 0 Å². The van der Waals surface area contributed by atoms with Gasteiger partial charge in [0.05, 0.1) is 12.0 Å². The first-order valence-corrected chi connectivity index (χ1v) is 8.03. The number of carboxylic acid groups (broad SMARTS) is 1. The summed E-state index contributed by atoms with van der Waals surface area (Å²) >= 11 is 0. The fourth-order valence-electron chi connectivity index (χ4n) is 2.91. The zero-order valence-corrected chi connectivity index (χ0v) is 14.1. The van der Waals surface area contributed by atoms with Gasteiger partial charge in [0.15, 0.2) is 5.78 Å². The van der Waals surface area contributed by atoms with Crippen LogP contribution in [0.2, 0.25) is 0 Å². The molecular weight excluding hydrogens is 306 g/mol. The number of nitrogens with zero attached hydrogens (tertiary/aromatic N) is 1. The number of Topliss-reactive ketones (excluding diaryl/α,β-unsaturated/α-hetero) is 1. The predicted octanol–water partition coefficient (Wildman–Crippen LogP) is 3.35. The van der Waals surface area contributed by atoms with E-state index in [1.54, 1.807) is 0 Å². The van der Waals surface area contributed by atoms with Gasteiger partial charge in [-0.25, -0.2) is 0 Å². The van der Waals surface area contributed by atoms with Crippen LogP contribution in [0.4, 0.5) is 0 Å². The average Bonchev–Trinajstić information content (AvgIpc) is 2.46. The maximum atomic E-state index is 12.5. The van der Waals surface area contributed by atoms with Crippen molar-refractivity contribution >= 4 is 17.5 Å². The first kappa shape index (κ1) is 17.9. The smallest absolute Gasteiger partial charge is 0.305 e. The second kappa shape index (κ2) is 7.43. The quantitative estimate of drug-likeness (QED) is 0.640. The Labute approximate surface area is 141 Å². The van der Waals surface area contributed by atoms with E-state index in [-0.39, 0.29) is 41.9 Å². The monoisotopic (exact) mass is 329 g/mol. The molecule has 1 aromatic carbocycles. The van der Waals surface area contributed by atoms with E-state index < -0.39 is 5.97 Å². The number of benzene rings is 1. The molecule has 1 aromatic rings. The van der Waals surface area contributed by atoms with E-state index in [2.05, 4.69) is 4.99 Å². The Morgan fingerprint density at radius 2 is 1.83 bits per heavy atom. The van der Waals surface area contributed by atoms with Crippen LogP contribution in [0, 0.1) is 5.41 Å². The summed E-state index contributed by atoms with van der Waals surface area (Å²) in [5.74, 6) is -1.05. The summed E-state index contributed by atoms with van der Waals surface area (Å²) in [7, 11) is 0. The minimum absolute atomic E-state index is 0.00998. The largest absolute Gasteiger partial charge is 0.511 e. The standard InChI is InChI=1S/C19H23NO4/c1-19(2)11-14(20-9-8-17(23)24)18(16(22)12-19)15(21)10-13-6-4-3-5-7-13/h3-7,21H,8-12H2,1-2H3,(H,23,24). The molecule has 128 valence electrons. The lowest BCUT2D eigenvalue weighted by Gasteiger charge is -2.31. The molecule has 0 unspecified atom stereocenters. The molecule has 1 aliphatic carbocycles. The number of aliphatic imine (C=N–C) groups is 1. The minimum Gasteiger partial charge on any atom is -0.511 e. The van der Waals surface area contributed by atoms with E-state index in [1.165, 1.54) is 0 Å². The van der Waals surface area contributed by atoms with Crippen LogP contribution in [0.3, 0.4) is 0 Å². The molecule has 1 saturated carbocycles. The topological polar surface area (TPSA) is 87.0 Å². The molecule has 5 nitrogen and oxygen atoms in total. The lowest BCUT2D eigenvalue weighted by Crippen LogP contribution is -2.33. The summed E-state index contributed by atoms with van der Waals surface area (Å²) in [6.07, 6.45) is 1.07. The molecule has 0 amide bonds. The summed E-state index contributed by atoms with van der Waals surface area (Å²) in [6, 6.07) is 9.41. The zero-order valence-electron chi connectivity index (χ0n) is 14.1. The van der Waals surface area contributed by atoms with Crippen LogP contribution in [0.1, 0.15) is 38.7 Å². The lowest BCUT2D eigenvalue weighted by atomic mass is 9.73. The second-order valence-electron chi connectivity index (χ2n) is 6.90. The van der Waals surface area contributed by atoms with Gasteiger partial charge >= 0.3 is 5.97 Å². The van der Waals surface area contributed by atoms with Gasteiger partial charge in [-0.05, 0) is 17.4 Å². The molecule has 0 bridgehead atoms. The number of rotatable bonds is 5. The van der Waals surface area contributed by atoms with Crippen molar-refractivity contribution in [2.24, 2.45) is 10.4 Å². The van der Waals surface area contributed by atoms with Crippen molar-refractivity contribution in [3.63, 3.8) is 0 Å². The molecule has 24 heavy (non-hydrogen) atoms. The molecule has 0 heterocycles. The number of carbonyl (C=O) groups excluding carboxylic acids is 1. The molecular formula is C19H23NO4. The third-order valence-corrected chi connectivity index (χ3v) is 3.98. The molecule has 0 spiro atoms. The molecule has 2 N–H and O–H groups in total. The Morgan fingerprint density at radius 3 is 2.46 bits per heavy atom. The average molecular weight is 329 g/mol. The van der Waals surface area contributed by atoms with Gasteiger partial charge in [0.1, 0.15) is 5.76 Å². The van der Waals surface area contributed by atoms with Gasteiger partial charge < -0.3 is 10.2 Å². The summed E-state index contributed by atoms with van der Waals surface area (Å²) in [4.78, 5) is 27.5. The third kappa shape index (κ3) is 4.78. The fraction of sp³-hybridized carbons (Fsp3) is 0.421. The van der Waals surface area contributed by atoms with E-state index in [9.17, 15) is 14.7 Å². The van der Waals surface area contributed by atoms with Crippen molar-refractivity contribution in [2.45, 2.75) is 39.5 Å². The van der Waals surface area contributed by atoms with Crippen molar-refractivity contribution in [1.29, 1.82) is 0 Å². The molecule has 0 aromatic heterocycles. The van der Waals surface area contributed by atoms with Gasteiger partial charge in [-0.15, -0.1) is 0 Å². The van der Waals surface area contributed by atoms with E-state index in [1.807, 2.05) is 44.2 Å². The molecule has 0 radical (unpaired) electrons. The Kier molecular flexibility index (Phi) is 5.54. The predicted molar refractivity (Wildman–Crippen MR) is 92.4 cm³/mol. The zero-order chi connectivity index (χ0) is 17.7. The van der Waals surface area contributed by atoms with Gasteiger partial charge in [0.25, 0.3) is 0 Å². The summed E-state index contributed by atoms with van der Waals surface area (Å²) < 4.78 is 0. The molecule has 0 aliphatic heterocycles. The number of allylic oxidation sites excluding steroid dienone is 2. The van der Waals surface area contributed by atoms with Crippen molar-refractivity contribution in [2.75, 3.05) is 6.54 Å². The van der Waals surface area contributed by atoms with Crippen LogP contribution in [0.15, 0.2) is 46.7 Å². The van der Waals surface area contributed by atoms with Gasteiger partial charge in [-0.2, -0.15) is 0 Å². The maximum Gasteiger partial charge on any atom is 0.305 e. The molecule has 2 rings (SSSR count). The number of aliphatic hydroxyl groups excluding tert-OH is 1. The molecule has 1 fully saturated rings. The first-order valence-electron chi connectivity index (χ1n) is 8.03. The van der Waals surface area contributed by atoms with Gasteiger partial charge in [-0.3, -0.25) is 14.6 Å². The summed E-state index contributed by atoms with van der Waals surface area (Å²) in [6.45, 7) is 4.06. The third-order valence-electron chi connectivity index (χ3n) is 3.98. The molecule has 5 heteroatoms. The molecule has 0 atom stereocenters. The highest BCUT2D eigenvalue weighted by Crippen LogP contribution is 2.35. The normalized spacial score (nSPS) is 20.9. The highest BCUT2D eigenvalue weighted by atomic mass is 16.4. The Morgan fingerprint density at radius 1 is 1.17 bits per heavy atom. The summed E-state index contributed by atoms with van der Waals surface area (Å²) in [5, 5.41) is 19.3. The van der Waals surface area contributed by atoms with E-state index in [0.717, 1.165) is 5.56 Å². The Hall–Kier alpha value is -2.43. The number of aliphatic carboxylic acids is 1. The van der Waals surface area contributed by atoms with Crippen LogP contribution >= 0.6 is 0 Å². The number of hydrogen-bond donors (Lipinski definition) is 2. The number of hydrogen-bond acceptors (Lipinski definition) is 4. The second-order valence-corrected chi connectivity index (χ2v) is 6.90. The molecule has 0 saturated heterocycles. The van der Waals surface area contributed by atoms with Crippen LogP contribution in [0.25, 0.3) is 0 Å². The highest BCUT2D eigenvalue weighted by Gasteiger charge is 2.36. The van der Waals surface area contributed by atoms with Crippen LogP contribution in [-0.4, -0.2) is 34.2 Å². The van der Waals surface area contributed by atoms with Crippen LogP contribution in [-0.2, 0) is 16.0 Å². The number of carboxylic acids is 1. The van der Waals surface area contributed by atoms with Crippen molar-refractivity contribution in [1.82, 2.24) is 0 Å². The lowest BCUT2D eigenvalue weighted by molar-refractivity contribution is -0.136. The van der Waals surface area contributed by atoms with Crippen LogP contribution < -0.4 is 0 Å². The van der Waals surface area contributed by atoms with Crippen LogP contribution in [0.5, 0.6) is 0 Å². The number of aliphatic hydroxyl groups is 1. The SMILES string of the molecule is CC1(C)CC(=O)C(=C(O)Cc2ccccc2)C(=NCCC(=O)O)C1. The summed E-state index contributed by atoms with van der Waals surface area (Å²) in [5.41, 5.74) is 1.45. The molecule has 1 aliphatic rings. The van der Waals surface area contributed by atoms with Gasteiger partial charge in [-0.1, -0.05) is 44.2 Å². The van der Waals surface area contributed by atoms with Crippen molar-refractivity contribution in [3.8, 4) is 0 Å². The van der Waals surface area contributed by atoms with Gasteiger partial charge in [0.2, 0.25) is 0 Å². The minimum atomic E-state index is -0.931.